The molecule has 0 aromatic carbocycles. The van der Waals surface area contributed by atoms with Gasteiger partial charge in [-0.05, 0) is 68.5 Å². The average Bonchev–Trinajstić information content (AvgIpc) is 3.32. The highest BCUT2D eigenvalue weighted by Crippen LogP contribution is 2.54. The first kappa shape index (κ1) is 16.2. The number of nitrogens with zero attached hydrogens (tertiary/aromatic N) is 2. The maximum absolute atomic E-state index is 11.0. The number of thioether (sulfide) groups is 1. The second-order valence-electron chi connectivity index (χ2n) is 7.51. The molecule has 0 spiro atoms. The highest BCUT2D eigenvalue weighted by Gasteiger charge is 2.41. The van der Waals surface area contributed by atoms with Gasteiger partial charge >= 0.3 is 0 Å². The molecule has 2 atom stereocenters. The van der Waals surface area contributed by atoms with Gasteiger partial charge in [0.25, 0.3) is 0 Å². The van der Waals surface area contributed by atoms with Crippen LogP contribution in [-0.4, -0.2) is 21.7 Å². The molecule has 1 aliphatic heterocycles. The number of carboxylic acid groups (broad SMARTS) is 1. The Morgan fingerprint density at radius 1 is 1.17 bits per heavy atom. The molecule has 4 rings (SSSR count). The highest BCUT2D eigenvalue weighted by molar-refractivity contribution is 7.99. The zero-order chi connectivity index (χ0) is 16.7. The van der Waals surface area contributed by atoms with Gasteiger partial charge in [0, 0.05) is 11.9 Å². The Balaban J connectivity index is 1.52. The number of nitrogens with two attached hydrogens (primary N) is 1. The maximum atomic E-state index is 11.0. The monoisotopic (exact) mass is 346 g/mol. The van der Waals surface area contributed by atoms with Gasteiger partial charge in [0.1, 0.15) is 5.82 Å². The smallest absolute Gasteiger partial charge is 0.145 e. The Hall–Kier alpha value is -1.30. The van der Waals surface area contributed by atoms with E-state index in [1.165, 1.54) is 25.0 Å². The summed E-state index contributed by atoms with van der Waals surface area (Å²) in [6.07, 6.45) is 8.81. The van der Waals surface area contributed by atoms with Gasteiger partial charge in [-0.25, -0.2) is 4.98 Å². The standard InChI is InChI=1S/C18H25N3O2S/c19-17-15(11-3-5-12(6-4-11)18(22)23)21-14(9-20-17)16-13(7-8-24-16)10-1-2-10/h9-13,16H,1-8H2,(H2,19,20)(H,22,23)/p-1/t11?,12?,13-,16?/m0/s1. The summed E-state index contributed by atoms with van der Waals surface area (Å²) in [7, 11) is 0. The van der Waals surface area contributed by atoms with Gasteiger partial charge in [-0.2, -0.15) is 11.8 Å². The van der Waals surface area contributed by atoms with E-state index in [0.717, 1.165) is 36.1 Å². The fraction of sp³-hybridized carbons (Fsp3) is 0.722. The number of aromatic nitrogens is 2. The van der Waals surface area contributed by atoms with Crippen LogP contribution in [0.1, 0.15) is 67.5 Å². The summed E-state index contributed by atoms with van der Waals surface area (Å²) in [5, 5.41) is 11.5. The van der Waals surface area contributed by atoms with Crippen molar-refractivity contribution in [2.24, 2.45) is 17.8 Å². The molecule has 130 valence electrons. The van der Waals surface area contributed by atoms with Crippen molar-refractivity contribution in [2.45, 2.75) is 56.1 Å². The van der Waals surface area contributed by atoms with Gasteiger partial charge in [0.2, 0.25) is 0 Å². The van der Waals surface area contributed by atoms with Crippen LogP contribution in [0.15, 0.2) is 6.20 Å². The second kappa shape index (κ2) is 6.54. The van der Waals surface area contributed by atoms with E-state index in [1.807, 2.05) is 18.0 Å². The number of hydrogen-bond donors (Lipinski definition) is 1. The zero-order valence-corrected chi connectivity index (χ0v) is 14.6. The summed E-state index contributed by atoms with van der Waals surface area (Å²) < 4.78 is 0. The van der Waals surface area contributed by atoms with E-state index in [9.17, 15) is 9.90 Å². The van der Waals surface area contributed by atoms with Gasteiger partial charge < -0.3 is 15.6 Å². The first-order valence-corrected chi connectivity index (χ1v) is 10.1. The van der Waals surface area contributed by atoms with E-state index in [2.05, 4.69) is 4.98 Å². The molecule has 2 aliphatic carbocycles. The Morgan fingerprint density at radius 2 is 1.92 bits per heavy atom. The molecule has 0 amide bonds. The molecule has 1 unspecified atom stereocenters. The molecule has 1 saturated heterocycles. The molecule has 2 N–H and O–H groups in total. The van der Waals surface area contributed by atoms with Gasteiger partial charge in [0.05, 0.1) is 22.8 Å². The fourth-order valence-corrected chi connectivity index (χ4v) is 5.94. The summed E-state index contributed by atoms with van der Waals surface area (Å²) in [4.78, 5) is 20.4. The van der Waals surface area contributed by atoms with Crippen LogP contribution >= 0.6 is 11.8 Å². The average molecular weight is 346 g/mol. The van der Waals surface area contributed by atoms with Crippen molar-refractivity contribution in [2.75, 3.05) is 11.5 Å². The molecule has 2 heterocycles. The van der Waals surface area contributed by atoms with Crippen molar-refractivity contribution in [3.63, 3.8) is 0 Å². The normalized spacial score (nSPS) is 33.5. The van der Waals surface area contributed by atoms with Crippen LogP contribution in [0.25, 0.3) is 0 Å². The third-order valence-electron chi connectivity index (χ3n) is 5.95. The van der Waals surface area contributed by atoms with Crippen molar-refractivity contribution in [3.05, 3.63) is 17.6 Å². The first-order chi connectivity index (χ1) is 11.6. The molecule has 2 saturated carbocycles. The molecular formula is C18H24N3O2S-. The van der Waals surface area contributed by atoms with E-state index in [1.54, 1.807) is 0 Å². The minimum Gasteiger partial charge on any atom is -0.550 e. The third-order valence-corrected chi connectivity index (χ3v) is 7.37. The van der Waals surface area contributed by atoms with Gasteiger partial charge in [-0.1, -0.05) is 0 Å². The van der Waals surface area contributed by atoms with E-state index >= 15 is 0 Å². The molecule has 0 radical (unpaired) electrons. The molecular weight excluding hydrogens is 322 g/mol. The van der Waals surface area contributed by atoms with Crippen LogP contribution < -0.4 is 10.8 Å². The summed E-state index contributed by atoms with van der Waals surface area (Å²) in [5.74, 6) is 2.35. The van der Waals surface area contributed by atoms with E-state index in [4.69, 9.17) is 10.7 Å². The highest BCUT2D eigenvalue weighted by atomic mass is 32.2. The van der Waals surface area contributed by atoms with Crippen molar-refractivity contribution in [1.29, 1.82) is 0 Å². The molecule has 1 aromatic heterocycles. The number of carbonyl (C=O) groups excluding carboxylic acids is 1. The van der Waals surface area contributed by atoms with E-state index < -0.39 is 5.97 Å². The van der Waals surface area contributed by atoms with Gasteiger partial charge in [-0.15, -0.1) is 0 Å². The first-order valence-electron chi connectivity index (χ1n) is 9.08. The fourth-order valence-electron chi connectivity index (χ4n) is 4.39. The number of anilines is 1. The molecule has 6 heteroatoms. The van der Waals surface area contributed by atoms with Crippen molar-refractivity contribution in [3.8, 4) is 0 Å². The zero-order valence-electron chi connectivity index (χ0n) is 13.8. The molecule has 0 bridgehead atoms. The molecule has 1 aromatic rings. The number of hydrogen-bond acceptors (Lipinski definition) is 6. The minimum atomic E-state index is -0.920. The van der Waals surface area contributed by atoms with Crippen LogP contribution in [-0.2, 0) is 4.79 Å². The Kier molecular flexibility index (Phi) is 4.41. The van der Waals surface area contributed by atoms with Crippen molar-refractivity contribution in [1.82, 2.24) is 9.97 Å². The number of rotatable bonds is 4. The lowest BCUT2D eigenvalue weighted by Gasteiger charge is -2.29. The van der Waals surface area contributed by atoms with Crippen LogP contribution in [0.3, 0.4) is 0 Å². The van der Waals surface area contributed by atoms with Crippen LogP contribution in [0.4, 0.5) is 5.82 Å². The number of nitrogen functional groups attached to an aromatic ring is 1. The topological polar surface area (TPSA) is 91.9 Å². The van der Waals surface area contributed by atoms with E-state index in [-0.39, 0.29) is 11.8 Å². The van der Waals surface area contributed by atoms with Crippen LogP contribution in [0.2, 0.25) is 0 Å². The molecule has 3 fully saturated rings. The lowest BCUT2D eigenvalue weighted by molar-refractivity contribution is -0.312. The minimum absolute atomic E-state index is 0.235. The number of aliphatic carboxylic acids is 1. The quantitative estimate of drug-likeness (QED) is 0.899. The lowest BCUT2D eigenvalue weighted by Crippen LogP contribution is -2.33. The maximum Gasteiger partial charge on any atom is 0.145 e. The third kappa shape index (κ3) is 3.13. The SMILES string of the molecule is Nc1ncc(C2SCC[C@H]2C2CC2)nc1C1CCC(C(=O)[O-])CC1. The lowest BCUT2D eigenvalue weighted by atomic mass is 9.80. The predicted molar refractivity (Wildman–Crippen MR) is 92.2 cm³/mol. The van der Waals surface area contributed by atoms with Crippen molar-refractivity contribution >= 4 is 23.5 Å². The molecule has 24 heavy (non-hydrogen) atoms. The van der Waals surface area contributed by atoms with Crippen LogP contribution in [0.5, 0.6) is 0 Å². The predicted octanol–water partition coefficient (Wildman–Crippen LogP) is 2.29. The number of carboxylic acids is 1. The second-order valence-corrected chi connectivity index (χ2v) is 8.76. The molecule has 5 nitrogen and oxygen atoms in total. The number of carbonyl (C=O) groups is 1. The summed E-state index contributed by atoms with van der Waals surface area (Å²) in [6.45, 7) is 0. The van der Waals surface area contributed by atoms with Crippen molar-refractivity contribution < 1.29 is 9.90 Å². The van der Waals surface area contributed by atoms with Gasteiger partial charge in [-0.3, -0.25) is 4.98 Å². The summed E-state index contributed by atoms with van der Waals surface area (Å²) in [5.41, 5.74) is 8.09. The Bertz CT molecular complexity index is 627. The summed E-state index contributed by atoms with van der Waals surface area (Å²) >= 11 is 2.01. The Morgan fingerprint density at radius 3 is 2.58 bits per heavy atom. The largest absolute Gasteiger partial charge is 0.550 e. The van der Waals surface area contributed by atoms with Crippen LogP contribution in [0, 0.1) is 17.8 Å². The van der Waals surface area contributed by atoms with Gasteiger partial charge in [0.15, 0.2) is 0 Å². The summed E-state index contributed by atoms with van der Waals surface area (Å²) in [6, 6.07) is 0. The van der Waals surface area contributed by atoms with E-state index in [0.29, 0.717) is 23.9 Å². The molecule has 3 aliphatic rings. The Labute approximate surface area is 146 Å².